The van der Waals surface area contributed by atoms with E-state index >= 15 is 0 Å². The van der Waals surface area contributed by atoms with Crippen LogP contribution in [0.5, 0.6) is 0 Å². The molecule has 0 aromatic carbocycles. The van der Waals surface area contributed by atoms with Gasteiger partial charge >= 0.3 is 0 Å². The van der Waals surface area contributed by atoms with Crippen LogP contribution in [0.4, 0.5) is 11.9 Å². The fourth-order valence-electron chi connectivity index (χ4n) is 1.44. The van der Waals surface area contributed by atoms with Crippen molar-refractivity contribution >= 4 is 21.9 Å². The van der Waals surface area contributed by atoms with Gasteiger partial charge in [-0.25, -0.2) is 17.8 Å². The van der Waals surface area contributed by atoms with Crippen molar-refractivity contribution in [1.29, 1.82) is 0 Å². The summed E-state index contributed by atoms with van der Waals surface area (Å²) in [6.07, 6.45) is 3.31. The van der Waals surface area contributed by atoms with E-state index in [-0.39, 0.29) is 18.2 Å². The molecule has 11 heteroatoms. The third kappa shape index (κ3) is 4.10. The molecule has 2 aromatic rings. The zero-order valence-corrected chi connectivity index (χ0v) is 12.4. The number of sulfonamides is 1. The fourth-order valence-corrected chi connectivity index (χ4v) is 2.02. The van der Waals surface area contributed by atoms with E-state index in [1.54, 1.807) is 25.5 Å². The van der Waals surface area contributed by atoms with Gasteiger partial charge in [-0.1, -0.05) is 0 Å². The van der Waals surface area contributed by atoms with Crippen LogP contribution in [0.15, 0.2) is 18.5 Å². The molecule has 3 N–H and O–H groups in total. The maximum atomic E-state index is 11.3. The Morgan fingerprint density at radius 2 is 1.95 bits per heavy atom. The minimum absolute atomic E-state index is 0.0822. The first kappa shape index (κ1) is 15.1. The SMILES string of the molecule is CNc1nc(NCCS(=O)(=O)NC)nc(-n2cccn2)n1. The first-order chi connectivity index (χ1) is 10.0. The summed E-state index contributed by atoms with van der Waals surface area (Å²) in [5.41, 5.74) is 0. The van der Waals surface area contributed by atoms with Crippen LogP contribution in [0.1, 0.15) is 0 Å². The molecule has 0 unspecified atom stereocenters. The van der Waals surface area contributed by atoms with E-state index in [0.29, 0.717) is 11.9 Å². The van der Waals surface area contributed by atoms with Gasteiger partial charge in [0.1, 0.15) is 0 Å². The van der Waals surface area contributed by atoms with Crippen molar-refractivity contribution in [3.05, 3.63) is 18.5 Å². The molecule has 0 spiro atoms. The predicted octanol–water partition coefficient (Wildman–Crippen LogP) is -0.940. The number of anilines is 2. The Morgan fingerprint density at radius 3 is 2.57 bits per heavy atom. The molecule has 0 saturated heterocycles. The largest absolute Gasteiger partial charge is 0.357 e. The maximum absolute atomic E-state index is 11.3. The highest BCUT2D eigenvalue weighted by Gasteiger charge is 2.10. The standard InChI is InChI=1S/C10H16N8O2S/c1-11-8-15-9(13-5-7-21(19,20)12-2)17-10(16-8)18-6-3-4-14-18/h3-4,6,12H,5,7H2,1-2H3,(H2,11,13,15,16,17). The van der Waals surface area contributed by atoms with Crippen molar-refractivity contribution in [2.45, 2.75) is 0 Å². The molecule has 0 aliphatic rings. The van der Waals surface area contributed by atoms with Gasteiger partial charge in [0, 0.05) is 26.0 Å². The van der Waals surface area contributed by atoms with Crippen molar-refractivity contribution in [3.8, 4) is 5.95 Å². The second-order valence-corrected chi connectivity index (χ2v) is 5.98. The highest BCUT2D eigenvalue weighted by Crippen LogP contribution is 2.07. The first-order valence-corrected chi connectivity index (χ1v) is 7.78. The summed E-state index contributed by atoms with van der Waals surface area (Å²) in [7, 11) is -0.229. The van der Waals surface area contributed by atoms with Crippen LogP contribution < -0.4 is 15.4 Å². The lowest BCUT2D eigenvalue weighted by Gasteiger charge is -2.08. The zero-order valence-electron chi connectivity index (χ0n) is 11.6. The number of hydrogen-bond acceptors (Lipinski definition) is 8. The smallest absolute Gasteiger partial charge is 0.257 e. The molecule has 2 aromatic heterocycles. The summed E-state index contributed by atoms with van der Waals surface area (Å²) in [5, 5.41) is 9.70. The van der Waals surface area contributed by atoms with Crippen molar-refractivity contribution in [2.75, 3.05) is 37.0 Å². The Kier molecular flexibility index (Phi) is 4.65. The molecule has 0 fully saturated rings. The average Bonchev–Trinajstić information content (AvgIpc) is 3.01. The van der Waals surface area contributed by atoms with Crippen molar-refractivity contribution in [3.63, 3.8) is 0 Å². The Labute approximate surface area is 122 Å². The van der Waals surface area contributed by atoms with Crippen LogP contribution in [0.2, 0.25) is 0 Å². The summed E-state index contributed by atoms with van der Waals surface area (Å²) in [6, 6.07) is 1.75. The topological polar surface area (TPSA) is 127 Å². The molecule has 10 nitrogen and oxygen atoms in total. The molecule has 114 valence electrons. The quantitative estimate of drug-likeness (QED) is 0.598. The zero-order chi connectivity index (χ0) is 15.3. The highest BCUT2D eigenvalue weighted by molar-refractivity contribution is 7.89. The van der Waals surface area contributed by atoms with E-state index in [1.807, 2.05) is 0 Å². The van der Waals surface area contributed by atoms with Gasteiger partial charge in [0.2, 0.25) is 21.9 Å². The number of hydrogen-bond donors (Lipinski definition) is 3. The Hall–Kier alpha value is -2.27. The maximum Gasteiger partial charge on any atom is 0.257 e. The van der Waals surface area contributed by atoms with E-state index in [9.17, 15) is 8.42 Å². The van der Waals surface area contributed by atoms with E-state index in [2.05, 4.69) is 35.4 Å². The molecule has 0 radical (unpaired) electrons. The van der Waals surface area contributed by atoms with Crippen LogP contribution in [-0.4, -0.2) is 59.5 Å². The van der Waals surface area contributed by atoms with E-state index in [0.717, 1.165) is 0 Å². The molecule has 2 rings (SSSR count). The Balaban J connectivity index is 2.14. The minimum atomic E-state index is -3.28. The van der Waals surface area contributed by atoms with E-state index in [4.69, 9.17) is 0 Å². The lowest BCUT2D eigenvalue weighted by atomic mass is 10.7. The first-order valence-electron chi connectivity index (χ1n) is 6.13. The lowest BCUT2D eigenvalue weighted by Crippen LogP contribution is -2.26. The Morgan fingerprint density at radius 1 is 1.19 bits per heavy atom. The Bertz CT molecular complexity index is 685. The lowest BCUT2D eigenvalue weighted by molar-refractivity contribution is 0.588. The van der Waals surface area contributed by atoms with Gasteiger partial charge in [-0.3, -0.25) is 0 Å². The molecule has 0 aliphatic heterocycles. The number of nitrogens with zero attached hydrogens (tertiary/aromatic N) is 5. The summed E-state index contributed by atoms with van der Waals surface area (Å²) >= 11 is 0. The molecule has 21 heavy (non-hydrogen) atoms. The van der Waals surface area contributed by atoms with Crippen molar-refractivity contribution < 1.29 is 8.42 Å². The third-order valence-corrected chi connectivity index (χ3v) is 3.89. The fraction of sp³-hybridized carbons (Fsp3) is 0.400. The number of aromatic nitrogens is 5. The molecular formula is C10H16N8O2S. The van der Waals surface area contributed by atoms with Gasteiger partial charge in [-0.15, -0.1) is 0 Å². The predicted molar refractivity (Wildman–Crippen MR) is 77.8 cm³/mol. The third-order valence-electron chi connectivity index (χ3n) is 2.52. The van der Waals surface area contributed by atoms with Gasteiger partial charge in [-0.05, 0) is 13.1 Å². The number of nitrogens with one attached hydrogen (secondary N) is 3. The number of rotatable bonds is 7. The van der Waals surface area contributed by atoms with Crippen LogP contribution in [0.3, 0.4) is 0 Å². The van der Waals surface area contributed by atoms with E-state index < -0.39 is 10.0 Å². The molecule has 0 aliphatic carbocycles. The minimum Gasteiger partial charge on any atom is -0.357 e. The monoisotopic (exact) mass is 312 g/mol. The normalized spacial score (nSPS) is 11.3. The molecule has 0 bridgehead atoms. The summed E-state index contributed by atoms with van der Waals surface area (Å²) in [5.74, 6) is 0.875. The van der Waals surface area contributed by atoms with Gasteiger partial charge < -0.3 is 10.6 Å². The van der Waals surface area contributed by atoms with E-state index in [1.165, 1.54) is 11.7 Å². The summed E-state index contributed by atoms with van der Waals surface area (Å²) in [6.45, 7) is 0.175. The second-order valence-electron chi connectivity index (χ2n) is 3.93. The summed E-state index contributed by atoms with van der Waals surface area (Å²) < 4.78 is 26.4. The van der Waals surface area contributed by atoms with Crippen LogP contribution in [0.25, 0.3) is 5.95 Å². The molecule has 0 atom stereocenters. The second kappa shape index (κ2) is 6.45. The molecule has 2 heterocycles. The summed E-state index contributed by atoms with van der Waals surface area (Å²) in [4.78, 5) is 12.5. The van der Waals surface area contributed by atoms with Crippen LogP contribution in [0, 0.1) is 0 Å². The van der Waals surface area contributed by atoms with Crippen LogP contribution in [-0.2, 0) is 10.0 Å². The molecular weight excluding hydrogens is 296 g/mol. The van der Waals surface area contributed by atoms with Gasteiger partial charge in [0.15, 0.2) is 0 Å². The highest BCUT2D eigenvalue weighted by atomic mass is 32.2. The van der Waals surface area contributed by atoms with Gasteiger partial charge in [0.05, 0.1) is 5.75 Å². The van der Waals surface area contributed by atoms with Crippen LogP contribution >= 0.6 is 0 Å². The molecule has 0 saturated carbocycles. The van der Waals surface area contributed by atoms with Crippen molar-refractivity contribution in [2.24, 2.45) is 0 Å². The van der Waals surface area contributed by atoms with Crippen molar-refractivity contribution in [1.82, 2.24) is 29.5 Å². The van der Waals surface area contributed by atoms with Gasteiger partial charge in [-0.2, -0.15) is 20.1 Å². The van der Waals surface area contributed by atoms with Gasteiger partial charge in [0.25, 0.3) is 5.95 Å². The molecule has 0 amide bonds. The average molecular weight is 312 g/mol.